The number of nitrogens with two attached hydrogens (primary N) is 1. The van der Waals surface area contributed by atoms with Gasteiger partial charge in [0.05, 0.1) is 5.60 Å². The zero-order chi connectivity index (χ0) is 14.6. The standard InChI is InChI=1S/C15H23FN2O2/c1-18(11-15(19)5-7-20-8-6-15)10-13-4-2-3-12(9-17)14(13)16/h2-4,19H,5-11,17H2,1H3. The van der Waals surface area contributed by atoms with Crippen molar-refractivity contribution in [2.75, 3.05) is 26.8 Å². The molecule has 1 aromatic carbocycles. The second-order valence-corrected chi connectivity index (χ2v) is 5.60. The van der Waals surface area contributed by atoms with Gasteiger partial charge in [0.25, 0.3) is 0 Å². The molecule has 0 aliphatic carbocycles. The SMILES string of the molecule is CN(Cc1cccc(CN)c1F)CC1(O)CCOCC1. The van der Waals surface area contributed by atoms with Crippen LogP contribution in [0.15, 0.2) is 18.2 Å². The van der Waals surface area contributed by atoms with Crippen LogP contribution in [-0.4, -0.2) is 42.4 Å². The molecule has 0 atom stereocenters. The molecule has 1 heterocycles. The lowest BCUT2D eigenvalue weighted by Crippen LogP contribution is -2.45. The van der Waals surface area contributed by atoms with Gasteiger partial charge in [0.1, 0.15) is 5.82 Å². The monoisotopic (exact) mass is 282 g/mol. The Hall–Kier alpha value is -1.01. The van der Waals surface area contributed by atoms with E-state index in [0.29, 0.717) is 50.3 Å². The summed E-state index contributed by atoms with van der Waals surface area (Å²) in [4.78, 5) is 1.95. The first-order chi connectivity index (χ1) is 9.54. The minimum atomic E-state index is -0.727. The van der Waals surface area contributed by atoms with Crippen LogP contribution in [0.2, 0.25) is 0 Å². The quantitative estimate of drug-likeness (QED) is 0.853. The summed E-state index contributed by atoms with van der Waals surface area (Å²) < 4.78 is 19.4. The van der Waals surface area contributed by atoms with Crippen LogP contribution < -0.4 is 5.73 Å². The molecule has 20 heavy (non-hydrogen) atoms. The van der Waals surface area contributed by atoms with E-state index in [2.05, 4.69) is 0 Å². The molecule has 0 saturated carbocycles. The van der Waals surface area contributed by atoms with Crippen LogP contribution in [0.5, 0.6) is 0 Å². The first-order valence-electron chi connectivity index (χ1n) is 6.99. The average Bonchev–Trinajstić information content (AvgIpc) is 2.41. The highest BCUT2D eigenvalue weighted by atomic mass is 19.1. The summed E-state index contributed by atoms with van der Waals surface area (Å²) in [7, 11) is 1.89. The van der Waals surface area contributed by atoms with Gasteiger partial charge >= 0.3 is 0 Å². The van der Waals surface area contributed by atoms with Gasteiger partial charge in [0, 0.05) is 56.8 Å². The van der Waals surface area contributed by atoms with Gasteiger partial charge in [-0.25, -0.2) is 4.39 Å². The molecule has 4 nitrogen and oxygen atoms in total. The fourth-order valence-electron chi connectivity index (χ4n) is 2.67. The molecule has 1 aromatic rings. The van der Waals surface area contributed by atoms with Crippen molar-refractivity contribution in [2.24, 2.45) is 5.73 Å². The fraction of sp³-hybridized carbons (Fsp3) is 0.600. The maximum atomic E-state index is 14.1. The highest BCUT2D eigenvalue weighted by Crippen LogP contribution is 2.22. The number of halogens is 1. The van der Waals surface area contributed by atoms with Crippen molar-refractivity contribution >= 4 is 0 Å². The molecule has 0 bridgehead atoms. The third kappa shape index (κ3) is 3.76. The molecule has 112 valence electrons. The Kier molecular flexibility index (Phi) is 5.10. The van der Waals surface area contributed by atoms with E-state index in [1.165, 1.54) is 0 Å². The van der Waals surface area contributed by atoms with Gasteiger partial charge in [0.15, 0.2) is 0 Å². The topological polar surface area (TPSA) is 58.7 Å². The first kappa shape index (κ1) is 15.4. The van der Waals surface area contributed by atoms with Crippen LogP contribution in [0, 0.1) is 5.82 Å². The highest BCUT2D eigenvalue weighted by Gasteiger charge is 2.31. The zero-order valence-electron chi connectivity index (χ0n) is 11.9. The fourth-order valence-corrected chi connectivity index (χ4v) is 2.67. The molecule has 1 fully saturated rings. The largest absolute Gasteiger partial charge is 0.388 e. The van der Waals surface area contributed by atoms with Crippen molar-refractivity contribution in [1.82, 2.24) is 4.90 Å². The van der Waals surface area contributed by atoms with Gasteiger partial charge in [-0.05, 0) is 7.05 Å². The first-order valence-corrected chi connectivity index (χ1v) is 6.99. The van der Waals surface area contributed by atoms with Crippen LogP contribution in [-0.2, 0) is 17.8 Å². The number of rotatable bonds is 5. The minimum Gasteiger partial charge on any atom is -0.388 e. The molecule has 0 amide bonds. The molecule has 0 radical (unpaired) electrons. The van der Waals surface area contributed by atoms with E-state index in [0.717, 1.165) is 0 Å². The number of aliphatic hydroxyl groups is 1. The van der Waals surface area contributed by atoms with E-state index >= 15 is 0 Å². The number of benzene rings is 1. The zero-order valence-corrected chi connectivity index (χ0v) is 11.9. The van der Waals surface area contributed by atoms with Crippen molar-refractivity contribution in [1.29, 1.82) is 0 Å². The van der Waals surface area contributed by atoms with Crippen LogP contribution in [0.25, 0.3) is 0 Å². The van der Waals surface area contributed by atoms with Crippen molar-refractivity contribution in [3.63, 3.8) is 0 Å². The predicted octanol–water partition coefficient (Wildman–Crippen LogP) is 1.26. The summed E-state index contributed by atoms with van der Waals surface area (Å²) >= 11 is 0. The van der Waals surface area contributed by atoms with E-state index in [-0.39, 0.29) is 12.4 Å². The van der Waals surface area contributed by atoms with Crippen molar-refractivity contribution in [2.45, 2.75) is 31.5 Å². The minimum absolute atomic E-state index is 0.199. The average molecular weight is 282 g/mol. The van der Waals surface area contributed by atoms with Gasteiger partial charge in [-0.1, -0.05) is 18.2 Å². The van der Waals surface area contributed by atoms with Crippen LogP contribution in [0.3, 0.4) is 0 Å². The van der Waals surface area contributed by atoms with Gasteiger partial charge in [-0.2, -0.15) is 0 Å². The van der Waals surface area contributed by atoms with E-state index in [9.17, 15) is 9.50 Å². The summed E-state index contributed by atoms with van der Waals surface area (Å²) in [5.74, 6) is -0.235. The molecule has 2 rings (SSSR count). The third-order valence-electron chi connectivity index (χ3n) is 3.81. The second kappa shape index (κ2) is 6.63. The molecule has 0 aromatic heterocycles. The Bertz CT molecular complexity index is 447. The normalized spacial score (nSPS) is 18.4. The summed E-state index contributed by atoms with van der Waals surface area (Å²) in [6, 6.07) is 5.28. The van der Waals surface area contributed by atoms with E-state index < -0.39 is 5.60 Å². The number of ether oxygens (including phenoxy) is 1. The molecule has 5 heteroatoms. The lowest BCUT2D eigenvalue weighted by Gasteiger charge is -2.35. The molecule has 0 spiro atoms. The van der Waals surface area contributed by atoms with E-state index in [1.54, 1.807) is 12.1 Å². The number of nitrogens with zero attached hydrogens (tertiary/aromatic N) is 1. The summed E-state index contributed by atoms with van der Waals surface area (Å²) in [6.07, 6.45) is 1.26. The highest BCUT2D eigenvalue weighted by molar-refractivity contribution is 5.25. The summed E-state index contributed by atoms with van der Waals surface area (Å²) in [5.41, 5.74) is 5.93. The van der Waals surface area contributed by atoms with Crippen LogP contribution in [0.1, 0.15) is 24.0 Å². The molecule has 1 aliphatic heterocycles. The lowest BCUT2D eigenvalue weighted by molar-refractivity contribution is -0.0778. The van der Waals surface area contributed by atoms with Gasteiger partial charge in [0.2, 0.25) is 0 Å². The molecular weight excluding hydrogens is 259 g/mol. The van der Waals surface area contributed by atoms with Crippen LogP contribution >= 0.6 is 0 Å². The summed E-state index contributed by atoms with van der Waals surface area (Å²) in [6.45, 7) is 2.35. The molecule has 1 aliphatic rings. The van der Waals surface area contributed by atoms with Crippen LogP contribution in [0.4, 0.5) is 4.39 Å². The molecular formula is C15H23FN2O2. The number of hydrogen-bond acceptors (Lipinski definition) is 4. The van der Waals surface area contributed by atoms with Gasteiger partial charge in [-0.3, -0.25) is 4.90 Å². The number of likely N-dealkylation sites (N-methyl/N-ethyl adjacent to an activating group) is 1. The van der Waals surface area contributed by atoms with E-state index in [4.69, 9.17) is 10.5 Å². The van der Waals surface area contributed by atoms with Crippen molar-refractivity contribution < 1.29 is 14.2 Å². The Morgan fingerprint density at radius 3 is 2.65 bits per heavy atom. The predicted molar refractivity (Wildman–Crippen MR) is 75.6 cm³/mol. The summed E-state index contributed by atoms with van der Waals surface area (Å²) in [5, 5.41) is 10.5. The van der Waals surface area contributed by atoms with E-state index in [1.807, 2.05) is 18.0 Å². The lowest BCUT2D eigenvalue weighted by atomic mass is 9.94. The maximum absolute atomic E-state index is 14.1. The maximum Gasteiger partial charge on any atom is 0.132 e. The van der Waals surface area contributed by atoms with Crippen molar-refractivity contribution in [3.05, 3.63) is 35.1 Å². The Morgan fingerprint density at radius 1 is 1.35 bits per heavy atom. The smallest absolute Gasteiger partial charge is 0.132 e. The molecule has 1 saturated heterocycles. The number of hydrogen-bond donors (Lipinski definition) is 2. The Labute approximate surface area is 119 Å². The second-order valence-electron chi connectivity index (χ2n) is 5.60. The third-order valence-corrected chi connectivity index (χ3v) is 3.81. The van der Waals surface area contributed by atoms with Gasteiger partial charge in [-0.15, -0.1) is 0 Å². The van der Waals surface area contributed by atoms with Crippen molar-refractivity contribution in [3.8, 4) is 0 Å². The van der Waals surface area contributed by atoms with Gasteiger partial charge < -0.3 is 15.6 Å². The Balaban J connectivity index is 1.99. The molecule has 3 N–H and O–H groups in total. The molecule has 0 unspecified atom stereocenters. The Morgan fingerprint density at radius 2 is 2.00 bits per heavy atom.